The molecule has 1 aromatic heterocycles. The predicted octanol–water partition coefficient (Wildman–Crippen LogP) is 1.33. The van der Waals surface area contributed by atoms with Crippen LogP contribution < -0.4 is 64.6 Å². The number of hydrogen-bond acceptors (Lipinski definition) is 16. The van der Waals surface area contributed by atoms with Gasteiger partial charge >= 0.3 is 12.0 Å². The lowest BCUT2D eigenvalue weighted by atomic mass is 10.00. The first kappa shape index (κ1) is 70.8. The number of urea groups is 1. The van der Waals surface area contributed by atoms with Gasteiger partial charge in [0.2, 0.25) is 47.3 Å². The second kappa shape index (κ2) is 35.3. The molecule has 10 atom stereocenters. The number of carbonyl (C=O) groups excluding carboxylic acids is 9. The van der Waals surface area contributed by atoms with E-state index in [2.05, 4.69) is 58.2 Å². The molecule has 10 amide bonds. The van der Waals surface area contributed by atoms with Crippen molar-refractivity contribution in [2.45, 2.75) is 119 Å². The van der Waals surface area contributed by atoms with E-state index in [4.69, 9.17) is 11.5 Å². The van der Waals surface area contributed by atoms with E-state index in [1.165, 1.54) is 31.2 Å². The normalized spacial score (nSPS) is 21.6. The lowest BCUT2D eigenvalue weighted by Crippen LogP contribution is -2.62. The van der Waals surface area contributed by atoms with Crippen molar-refractivity contribution in [1.29, 1.82) is 0 Å². The highest BCUT2D eigenvalue weighted by Gasteiger charge is 2.37. The van der Waals surface area contributed by atoms with Crippen molar-refractivity contribution < 1.29 is 63.3 Å². The number of nitrogens with one attached hydrogen (secondary N) is 11. The van der Waals surface area contributed by atoms with Crippen LogP contribution in [-0.4, -0.2) is 165 Å². The maximum atomic E-state index is 15.3. The van der Waals surface area contributed by atoms with Crippen molar-refractivity contribution in [3.63, 3.8) is 0 Å². The summed E-state index contributed by atoms with van der Waals surface area (Å²) in [4.78, 5) is 147. The van der Waals surface area contributed by atoms with Crippen molar-refractivity contribution in [3.8, 4) is 5.75 Å². The zero-order valence-electron chi connectivity index (χ0n) is 51.2. The third kappa shape index (κ3) is 21.8. The van der Waals surface area contributed by atoms with Gasteiger partial charge in [-0.1, -0.05) is 125 Å². The van der Waals surface area contributed by atoms with Crippen LogP contribution in [0, 0.1) is 0 Å². The van der Waals surface area contributed by atoms with E-state index in [1.54, 1.807) is 104 Å². The third-order valence-electron chi connectivity index (χ3n) is 15.3. The number of fused-ring (bicyclic) bond motifs is 1. The Balaban J connectivity index is 1.32. The number of phenols is 1. The summed E-state index contributed by atoms with van der Waals surface area (Å²) in [7, 11) is 3.50. The second-order valence-corrected chi connectivity index (χ2v) is 24.9. The summed E-state index contributed by atoms with van der Waals surface area (Å²) in [6.07, 6.45) is -0.227. The molecule has 7 rings (SSSR count). The van der Waals surface area contributed by atoms with E-state index < -0.39 is 120 Å². The number of carboxylic acid groups (broad SMARTS) is 1. The minimum absolute atomic E-state index is 0.0480. The number of rotatable bonds is 20. The number of benzene rings is 5. The van der Waals surface area contributed by atoms with Crippen molar-refractivity contribution in [2.75, 3.05) is 30.4 Å². The number of aliphatic hydroxyl groups excluding tert-OH is 1. The smallest absolute Gasteiger partial charge is 0.327 e. The fourth-order valence-corrected chi connectivity index (χ4v) is 12.6. The quantitative estimate of drug-likeness (QED) is 0.0379. The number of phenolic OH excluding ortho intramolecular Hbond substituents is 1. The Labute approximate surface area is 544 Å². The van der Waals surface area contributed by atoms with Gasteiger partial charge in [-0.05, 0) is 90.9 Å². The highest BCUT2D eigenvalue weighted by atomic mass is 33.1. The van der Waals surface area contributed by atoms with Gasteiger partial charge in [-0.3, -0.25) is 38.4 Å². The van der Waals surface area contributed by atoms with Crippen LogP contribution in [0.2, 0.25) is 0 Å². The number of H-pyrrole nitrogens is 1. The molecule has 2 heterocycles. The van der Waals surface area contributed by atoms with Crippen molar-refractivity contribution >= 4 is 97.4 Å². The Hall–Kier alpha value is -9.64. The summed E-state index contributed by atoms with van der Waals surface area (Å²) < 4.78 is 0. The van der Waals surface area contributed by atoms with Crippen LogP contribution in [0.1, 0.15) is 54.0 Å². The molecule has 18 N–H and O–H groups in total. The van der Waals surface area contributed by atoms with E-state index >= 15 is 19.2 Å². The van der Waals surface area contributed by atoms with Crippen molar-refractivity contribution in [2.24, 2.45) is 11.5 Å². The molecule has 0 aliphatic carbocycles. The fourth-order valence-electron chi connectivity index (χ4n) is 10.3. The van der Waals surface area contributed by atoms with Crippen LogP contribution >= 0.6 is 21.6 Å². The standard InChI is InChI=1S/C65H79N13O13S2/c1-37(79)55-63(88)74-50(30-39-15-7-4-8-16-39)59(84)76-54(64(89)90)36-93-92-35-53(75-60(85)51(77-65(67)91)32-41-22-26-44(80)27-23-41)62(87)72-48(29-38-13-5-3-6-14-38)57(82)71-49(31-40-20-24-43(68-2)25-21-40)58(83)73-52(33-42-34-69-46-18-10-9-17-45(42)46)61(86)70-47(56(81)78-55)19-11-12-28-66/h3-10,13-18,20-27,34,37,47-55,68-69,79-80H,11-12,19,28-33,35-36,66H2,1-2H3,(H,70,86)(H,71,82)(H,72,87)(H,73,83)(H,74,88)(H,75,85)(H,76,84)(H,78,81)(H,89,90)(H3,67,77,91)/t37-,47+,48+,49+,50+,51+,52-,53+,54+,55+/m1/s1. The molecule has 5 aromatic carbocycles. The molecule has 0 saturated carbocycles. The number of para-hydroxylation sites is 1. The van der Waals surface area contributed by atoms with Gasteiger partial charge in [0, 0.05) is 73.4 Å². The van der Waals surface area contributed by atoms with Gasteiger partial charge in [-0.25, -0.2) is 9.59 Å². The number of unbranched alkanes of at least 4 members (excludes halogenated alkanes) is 1. The van der Waals surface area contributed by atoms with Gasteiger partial charge in [-0.2, -0.15) is 0 Å². The van der Waals surface area contributed by atoms with E-state index in [9.17, 15) is 44.1 Å². The molecular formula is C65H79N13O13S2. The molecule has 0 unspecified atom stereocenters. The van der Waals surface area contributed by atoms with Crippen molar-refractivity contribution in [3.05, 3.63) is 167 Å². The topological polar surface area (TPSA) is 420 Å². The van der Waals surface area contributed by atoms with Crippen molar-refractivity contribution in [1.82, 2.24) is 52.8 Å². The average molecular weight is 1310 g/mol. The van der Waals surface area contributed by atoms with Gasteiger partial charge in [0.15, 0.2) is 0 Å². The van der Waals surface area contributed by atoms with Crippen LogP contribution in [0.3, 0.4) is 0 Å². The third-order valence-corrected chi connectivity index (χ3v) is 17.8. The average Bonchev–Trinajstić information content (AvgIpc) is 2.36. The largest absolute Gasteiger partial charge is 0.508 e. The van der Waals surface area contributed by atoms with Gasteiger partial charge in [0.25, 0.3) is 0 Å². The minimum Gasteiger partial charge on any atom is -0.508 e. The van der Waals surface area contributed by atoms with Gasteiger partial charge in [0.1, 0.15) is 60.1 Å². The summed E-state index contributed by atoms with van der Waals surface area (Å²) in [5, 5.41) is 59.3. The molecule has 1 fully saturated rings. The first-order valence-corrected chi connectivity index (χ1v) is 32.7. The number of aliphatic carboxylic acids is 1. The van der Waals surface area contributed by atoms with Crippen LogP contribution in [0.15, 0.2) is 140 Å². The van der Waals surface area contributed by atoms with E-state index in [1.807, 2.05) is 18.2 Å². The Kier molecular flexibility index (Phi) is 26.8. The van der Waals surface area contributed by atoms with Crippen LogP contribution in [0.4, 0.5) is 10.5 Å². The molecule has 6 aromatic rings. The number of anilines is 1. The molecule has 0 radical (unpaired) electrons. The lowest BCUT2D eigenvalue weighted by Gasteiger charge is -2.29. The zero-order valence-corrected chi connectivity index (χ0v) is 52.9. The molecule has 26 nitrogen and oxygen atoms in total. The number of aromatic nitrogens is 1. The Morgan fingerprint density at radius 1 is 0.581 bits per heavy atom. The number of carboxylic acids is 1. The number of aromatic amines is 1. The molecule has 494 valence electrons. The van der Waals surface area contributed by atoms with Gasteiger partial charge in [-0.15, -0.1) is 0 Å². The molecule has 28 heteroatoms. The maximum Gasteiger partial charge on any atom is 0.327 e. The lowest BCUT2D eigenvalue weighted by molar-refractivity contribution is -0.141. The Morgan fingerprint density at radius 2 is 1.08 bits per heavy atom. The maximum absolute atomic E-state index is 15.3. The van der Waals surface area contributed by atoms with E-state index in [0.717, 1.165) is 27.3 Å². The molecule has 0 bridgehead atoms. The zero-order chi connectivity index (χ0) is 67.0. The Morgan fingerprint density at radius 3 is 1.63 bits per heavy atom. The SMILES string of the molecule is CNc1ccc(C[C@@H]2NC(=O)[C@H](Cc3ccccc3)NC(=O)[C@@H](NC(=O)[C@H](Cc3ccc(O)cc3)NC(N)=O)CSSC[C@@H](C(=O)O)NC(=O)[C@H](Cc3ccccc3)NC(=O)[C@H]([C@@H](C)O)NC(=O)[C@H](CCCCN)NC(=O)[C@@H](Cc3c[nH]c4ccccc34)NC2=O)cc1. The summed E-state index contributed by atoms with van der Waals surface area (Å²) in [6.45, 7) is 1.44. The Bertz CT molecular complexity index is 3530. The summed E-state index contributed by atoms with van der Waals surface area (Å²) >= 11 is 0. The first-order chi connectivity index (χ1) is 44.7. The molecule has 93 heavy (non-hydrogen) atoms. The fraction of sp³-hybridized carbons (Fsp3) is 0.354. The van der Waals surface area contributed by atoms with Crippen LogP contribution in [0.5, 0.6) is 5.75 Å². The first-order valence-electron chi connectivity index (χ1n) is 30.2. The number of carbonyl (C=O) groups is 10. The molecule has 1 aliphatic heterocycles. The number of nitrogens with two attached hydrogens (primary N) is 2. The summed E-state index contributed by atoms with van der Waals surface area (Å²) in [5.74, 6) is -9.71. The van der Waals surface area contributed by atoms with E-state index in [-0.39, 0.29) is 68.7 Å². The molecular weight excluding hydrogens is 1230 g/mol. The molecule has 1 saturated heterocycles. The minimum atomic E-state index is -1.77. The second-order valence-electron chi connectivity index (χ2n) is 22.4. The highest BCUT2D eigenvalue weighted by molar-refractivity contribution is 8.76. The number of hydrogen-bond donors (Lipinski definition) is 16. The predicted molar refractivity (Wildman–Crippen MR) is 353 cm³/mol. The van der Waals surface area contributed by atoms with Gasteiger partial charge in [0.05, 0.1) is 6.10 Å². The van der Waals surface area contributed by atoms with Crippen LogP contribution in [0.25, 0.3) is 10.9 Å². The summed E-state index contributed by atoms with van der Waals surface area (Å²) in [6, 6.07) is 22.0. The number of aliphatic hydroxyl groups is 1. The van der Waals surface area contributed by atoms with E-state index in [0.29, 0.717) is 45.1 Å². The number of amides is 10. The number of primary amides is 1. The number of aromatic hydroxyl groups is 1. The molecule has 1 aliphatic rings. The monoisotopic (exact) mass is 1310 g/mol. The van der Waals surface area contributed by atoms with Gasteiger partial charge < -0.3 is 84.9 Å². The molecule has 0 spiro atoms. The highest BCUT2D eigenvalue weighted by Crippen LogP contribution is 2.25. The van der Waals surface area contributed by atoms with Crippen LogP contribution in [-0.2, 0) is 75.3 Å². The summed E-state index contributed by atoms with van der Waals surface area (Å²) in [5.41, 5.74) is 15.6.